The molecule has 1 aliphatic heterocycles. The largest absolute Gasteiger partial charge is 0.489 e. The Morgan fingerprint density at radius 3 is 2.43 bits per heavy atom. The number of aromatic nitrogens is 2. The molecule has 2 aliphatic carbocycles. The highest BCUT2D eigenvalue weighted by Gasteiger charge is 2.52. The number of H-pyrrole nitrogens is 1. The minimum Gasteiger partial charge on any atom is -0.489 e. The second-order valence-corrected chi connectivity index (χ2v) is 14.3. The van der Waals surface area contributed by atoms with Gasteiger partial charge in [0.25, 0.3) is 0 Å². The van der Waals surface area contributed by atoms with E-state index in [-0.39, 0.29) is 6.10 Å². The van der Waals surface area contributed by atoms with Crippen molar-refractivity contribution in [3.8, 4) is 17.0 Å². The van der Waals surface area contributed by atoms with Crippen LogP contribution in [0.3, 0.4) is 0 Å². The van der Waals surface area contributed by atoms with Crippen LogP contribution < -0.4 is 15.4 Å². The molecule has 37 heavy (non-hydrogen) atoms. The number of anilines is 2. The van der Waals surface area contributed by atoms with Crippen molar-refractivity contribution in [1.82, 2.24) is 14.9 Å². The lowest BCUT2D eigenvalue weighted by Crippen LogP contribution is -2.21. The summed E-state index contributed by atoms with van der Waals surface area (Å²) in [5.41, 5.74) is 5.63. The minimum absolute atomic E-state index is 0.264. The van der Waals surface area contributed by atoms with Crippen molar-refractivity contribution in [3.63, 3.8) is 0 Å². The first kappa shape index (κ1) is 23.1. The lowest BCUT2D eigenvalue weighted by Gasteiger charge is -2.22. The fourth-order valence-electron chi connectivity index (χ4n) is 5.82. The molecule has 2 saturated carbocycles. The Bertz CT molecular complexity index is 1470. The van der Waals surface area contributed by atoms with Crippen molar-refractivity contribution < 1.29 is 9.30 Å². The average Bonchev–Trinajstić information content (AvgIpc) is 3.85. The van der Waals surface area contributed by atoms with E-state index >= 15 is 0 Å². The third kappa shape index (κ3) is 4.36. The van der Waals surface area contributed by atoms with E-state index in [1.54, 1.807) is 0 Å². The molecule has 7 heteroatoms. The smallest absolute Gasteiger partial charge is 0.139 e. The van der Waals surface area contributed by atoms with E-state index in [0.717, 1.165) is 89.9 Å². The van der Waals surface area contributed by atoms with Gasteiger partial charge in [0.1, 0.15) is 24.6 Å². The lowest BCUT2D eigenvalue weighted by molar-refractivity contribution is 0.208. The van der Waals surface area contributed by atoms with Crippen LogP contribution in [0.25, 0.3) is 22.3 Å². The predicted molar refractivity (Wildman–Crippen MR) is 151 cm³/mol. The van der Waals surface area contributed by atoms with Crippen LogP contribution >= 0.6 is 7.14 Å². The second-order valence-electron chi connectivity index (χ2n) is 10.9. The van der Waals surface area contributed by atoms with Crippen LogP contribution in [0.4, 0.5) is 11.4 Å². The topological polar surface area (TPSA) is 70.2 Å². The summed E-state index contributed by atoms with van der Waals surface area (Å²) >= 11 is 0. The molecular formula is C30H33N4O2P. The van der Waals surface area contributed by atoms with Gasteiger partial charge in [0.15, 0.2) is 0 Å². The summed E-state index contributed by atoms with van der Waals surface area (Å²) < 4.78 is 20.4. The molecule has 190 valence electrons. The first-order chi connectivity index (χ1) is 18.1. The van der Waals surface area contributed by atoms with Crippen molar-refractivity contribution in [2.24, 2.45) is 0 Å². The van der Waals surface area contributed by atoms with Crippen LogP contribution in [0.1, 0.15) is 32.1 Å². The van der Waals surface area contributed by atoms with E-state index < -0.39 is 7.14 Å². The number of rotatable bonds is 8. The standard InChI is InChI=1S/C30H33N4O2P/c1-34-17-15-22(19-34)36-21-8-6-20(7-9-21)28-18-25-26(14-16-31-30(25)33-28)32-27-4-2-3-5-29(27)37(35,23-10-11-23)24-12-13-24/h2-9,14,16,18,22-24H,10-13,15,17,19H2,1H3,(H2,31,32,33). The zero-order valence-corrected chi connectivity index (χ0v) is 22.1. The van der Waals surface area contributed by atoms with Crippen molar-refractivity contribution in [2.75, 3.05) is 25.5 Å². The van der Waals surface area contributed by atoms with E-state index in [1.165, 1.54) is 0 Å². The van der Waals surface area contributed by atoms with Gasteiger partial charge in [-0.2, -0.15) is 0 Å². The molecule has 3 heterocycles. The zero-order chi connectivity index (χ0) is 25.0. The number of likely N-dealkylation sites (N-methyl/N-ethyl adjacent to an activating group) is 1. The van der Waals surface area contributed by atoms with Gasteiger partial charge < -0.3 is 24.5 Å². The first-order valence-electron chi connectivity index (χ1n) is 13.5. The molecule has 0 amide bonds. The van der Waals surface area contributed by atoms with Crippen molar-refractivity contribution in [3.05, 3.63) is 66.9 Å². The van der Waals surface area contributed by atoms with Gasteiger partial charge in [-0.1, -0.05) is 12.1 Å². The Morgan fingerprint density at radius 1 is 0.973 bits per heavy atom. The van der Waals surface area contributed by atoms with Crippen molar-refractivity contribution >= 4 is 34.9 Å². The van der Waals surface area contributed by atoms with Gasteiger partial charge in [-0.3, -0.25) is 0 Å². The number of pyridine rings is 1. The van der Waals surface area contributed by atoms with Crippen LogP contribution in [0.5, 0.6) is 5.75 Å². The number of aromatic amines is 1. The number of hydrogen-bond donors (Lipinski definition) is 2. The molecule has 2 aromatic carbocycles. The highest BCUT2D eigenvalue weighted by Crippen LogP contribution is 2.70. The number of fused-ring (bicyclic) bond motifs is 1. The van der Waals surface area contributed by atoms with Gasteiger partial charge in [0.2, 0.25) is 0 Å². The molecule has 3 fully saturated rings. The summed E-state index contributed by atoms with van der Waals surface area (Å²) in [6.45, 7) is 2.06. The molecule has 1 atom stereocenters. The summed E-state index contributed by atoms with van der Waals surface area (Å²) in [6.07, 6.45) is 7.56. The molecular weight excluding hydrogens is 479 g/mol. The molecule has 6 nitrogen and oxygen atoms in total. The van der Waals surface area contributed by atoms with Crippen molar-refractivity contribution in [1.29, 1.82) is 0 Å². The number of benzene rings is 2. The van der Waals surface area contributed by atoms with Crippen LogP contribution in [0.15, 0.2) is 66.9 Å². The maximum absolute atomic E-state index is 14.3. The number of likely N-dealkylation sites (tertiary alicyclic amines) is 1. The van der Waals surface area contributed by atoms with Crippen LogP contribution in [-0.2, 0) is 4.57 Å². The Balaban J connectivity index is 1.17. The summed E-state index contributed by atoms with van der Waals surface area (Å²) in [5.74, 6) is 0.910. The van der Waals surface area contributed by atoms with E-state index in [4.69, 9.17) is 4.74 Å². The number of para-hydroxylation sites is 1. The molecule has 2 N–H and O–H groups in total. The summed E-state index contributed by atoms with van der Waals surface area (Å²) in [6, 6.07) is 20.7. The van der Waals surface area contributed by atoms with Gasteiger partial charge in [-0.15, -0.1) is 0 Å². The van der Waals surface area contributed by atoms with Crippen LogP contribution in [-0.4, -0.2) is 52.4 Å². The van der Waals surface area contributed by atoms with Crippen LogP contribution in [0.2, 0.25) is 0 Å². The quantitative estimate of drug-likeness (QED) is 0.269. The maximum atomic E-state index is 14.3. The third-order valence-electron chi connectivity index (χ3n) is 8.08. The molecule has 0 radical (unpaired) electrons. The summed E-state index contributed by atoms with van der Waals surface area (Å²) in [5, 5.41) is 5.70. The number of ether oxygens (including phenoxy) is 1. The van der Waals surface area contributed by atoms with Gasteiger partial charge in [-0.05, 0) is 93.2 Å². The molecule has 2 aromatic heterocycles. The van der Waals surface area contributed by atoms with E-state index in [0.29, 0.717) is 11.3 Å². The fraction of sp³-hybridized carbons (Fsp3) is 0.367. The van der Waals surface area contributed by atoms with E-state index in [9.17, 15) is 4.57 Å². The summed E-state index contributed by atoms with van der Waals surface area (Å²) in [7, 11) is -0.255. The molecule has 1 unspecified atom stereocenters. The monoisotopic (exact) mass is 512 g/mol. The number of hydrogen-bond acceptors (Lipinski definition) is 5. The number of nitrogens with one attached hydrogen (secondary N) is 2. The molecule has 3 aliphatic rings. The molecule has 7 rings (SSSR count). The van der Waals surface area contributed by atoms with Gasteiger partial charge in [-0.25, -0.2) is 4.98 Å². The fourth-order valence-corrected chi connectivity index (χ4v) is 9.87. The Hall–Kier alpha value is -3.08. The van der Waals surface area contributed by atoms with Crippen molar-refractivity contribution in [2.45, 2.75) is 49.5 Å². The minimum atomic E-state index is -2.39. The SMILES string of the molecule is CN1CCC(Oc2ccc(-c3cc4c(Nc5ccccc5P(=O)(C5CC5)C5CC5)ccnc4[nH]3)cc2)C1. The Morgan fingerprint density at radius 2 is 1.73 bits per heavy atom. The highest BCUT2D eigenvalue weighted by atomic mass is 31.2. The normalized spacial score (nSPS) is 20.4. The van der Waals surface area contributed by atoms with Gasteiger partial charge in [0.05, 0.1) is 5.69 Å². The highest BCUT2D eigenvalue weighted by molar-refractivity contribution is 7.73. The predicted octanol–water partition coefficient (Wildman–Crippen LogP) is 6.37. The maximum Gasteiger partial charge on any atom is 0.139 e. The molecule has 0 bridgehead atoms. The Labute approximate surface area is 217 Å². The van der Waals surface area contributed by atoms with Gasteiger partial charge in [0, 0.05) is 52.7 Å². The summed E-state index contributed by atoms with van der Waals surface area (Å²) in [4.78, 5) is 10.4. The van der Waals surface area contributed by atoms with E-state index in [1.807, 2.05) is 24.4 Å². The second kappa shape index (κ2) is 9.04. The third-order valence-corrected chi connectivity index (χ3v) is 12.4. The Kier molecular flexibility index (Phi) is 5.63. The van der Waals surface area contributed by atoms with E-state index in [2.05, 4.69) is 69.7 Å². The number of nitrogens with zero attached hydrogens (tertiary/aromatic N) is 2. The lowest BCUT2D eigenvalue weighted by atomic mass is 10.1. The van der Waals surface area contributed by atoms with Crippen LogP contribution in [0, 0.1) is 0 Å². The average molecular weight is 513 g/mol. The molecule has 1 saturated heterocycles. The zero-order valence-electron chi connectivity index (χ0n) is 21.2. The first-order valence-corrected chi connectivity index (χ1v) is 15.3. The molecule has 0 spiro atoms. The van der Waals surface area contributed by atoms with Gasteiger partial charge >= 0.3 is 0 Å². The molecule has 4 aromatic rings.